The molecule has 0 spiro atoms. The highest BCUT2D eigenvalue weighted by Crippen LogP contribution is 2.26. The van der Waals surface area contributed by atoms with Crippen molar-refractivity contribution in [1.29, 1.82) is 0 Å². The second-order valence-electron chi connectivity index (χ2n) is 6.69. The second kappa shape index (κ2) is 7.26. The number of aryl methyl sites for hydroxylation is 2. The van der Waals surface area contributed by atoms with E-state index >= 15 is 0 Å². The molecule has 0 aliphatic carbocycles. The molecule has 0 saturated carbocycles. The van der Waals surface area contributed by atoms with Crippen LogP contribution in [0.25, 0.3) is 16.9 Å². The topological polar surface area (TPSA) is 81.5 Å². The van der Waals surface area contributed by atoms with Gasteiger partial charge >= 0.3 is 0 Å². The van der Waals surface area contributed by atoms with Crippen LogP contribution in [0.3, 0.4) is 0 Å². The monoisotopic (exact) mass is 368 g/mol. The maximum absolute atomic E-state index is 13.0. The summed E-state index contributed by atoms with van der Waals surface area (Å²) in [6, 6.07) is 1.93. The minimum atomic E-state index is -0.292. The molecule has 1 N–H and O–H groups in total. The summed E-state index contributed by atoms with van der Waals surface area (Å²) in [6.45, 7) is 11.7. The maximum Gasteiger partial charge on any atom is 0.295 e. The van der Waals surface area contributed by atoms with Crippen LogP contribution >= 0.6 is 0 Å². The lowest BCUT2D eigenvalue weighted by molar-refractivity contribution is 0.0935. The van der Waals surface area contributed by atoms with Crippen LogP contribution in [-0.2, 0) is 6.54 Å². The Balaban J connectivity index is 2.18. The van der Waals surface area contributed by atoms with E-state index in [1.165, 1.54) is 0 Å². The second-order valence-corrected chi connectivity index (χ2v) is 6.69. The van der Waals surface area contributed by atoms with Gasteiger partial charge in [-0.25, -0.2) is 4.98 Å². The summed E-state index contributed by atoms with van der Waals surface area (Å²) in [6.07, 6.45) is 5.85. The largest absolute Gasteiger partial charge is 0.466 e. The van der Waals surface area contributed by atoms with Crippen molar-refractivity contribution < 1.29 is 9.21 Å². The van der Waals surface area contributed by atoms with Gasteiger partial charge in [0, 0.05) is 30.5 Å². The zero-order valence-corrected chi connectivity index (χ0v) is 16.1. The molecular formula is C20H24N4O3. The van der Waals surface area contributed by atoms with Gasteiger partial charge < -0.3 is 9.73 Å². The zero-order valence-electron chi connectivity index (χ0n) is 16.1. The molecule has 3 heterocycles. The average Bonchev–Trinajstić information content (AvgIpc) is 3.20. The van der Waals surface area contributed by atoms with Gasteiger partial charge in [0.05, 0.1) is 5.69 Å². The molecule has 0 aliphatic heterocycles. The van der Waals surface area contributed by atoms with E-state index in [4.69, 9.17) is 4.42 Å². The Labute approximate surface area is 157 Å². The highest BCUT2D eigenvalue weighted by molar-refractivity contribution is 5.93. The molecule has 0 saturated heterocycles. The van der Waals surface area contributed by atoms with E-state index in [1.807, 2.05) is 33.8 Å². The number of amides is 1. The van der Waals surface area contributed by atoms with E-state index in [9.17, 15) is 9.59 Å². The van der Waals surface area contributed by atoms with E-state index in [2.05, 4.69) is 16.9 Å². The number of carbonyl (C=O) groups is 1. The van der Waals surface area contributed by atoms with Crippen molar-refractivity contribution in [1.82, 2.24) is 19.3 Å². The van der Waals surface area contributed by atoms with E-state index in [0.717, 1.165) is 23.5 Å². The van der Waals surface area contributed by atoms with E-state index in [0.29, 0.717) is 12.2 Å². The molecule has 0 aromatic carbocycles. The number of fused-ring (bicyclic) bond motifs is 1. The number of allylic oxidation sites excluding steroid dienone is 1. The summed E-state index contributed by atoms with van der Waals surface area (Å²) >= 11 is 0. The van der Waals surface area contributed by atoms with Crippen LogP contribution < -0.4 is 10.9 Å². The fourth-order valence-corrected chi connectivity index (χ4v) is 3.00. The predicted octanol–water partition coefficient (Wildman–Crippen LogP) is 3.09. The molecule has 0 radical (unpaired) electrons. The lowest BCUT2D eigenvalue weighted by Crippen LogP contribution is -2.32. The molecule has 142 valence electrons. The zero-order chi connectivity index (χ0) is 19.7. The fourth-order valence-electron chi connectivity index (χ4n) is 3.00. The molecule has 1 amide bonds. The number of imidazole rings is 1. The lowest BCUT2D eigenvalue weighted by atomic mass is 10.2. The number of rotatable bonds is 6. The maximum atomic E-state index is 13.0. The normalized spacial score (nSPS) is 12.3. The van der Waals surface area contributed by atoms with E-state index in [1.54, 1.807) is 27.4 Å². The third-order valence-electron chi connectivity index (χ3n) is 4.57. The van der Waals surface area contributed by atoms with Crippen molar-refractivity contribution in [3.05, 3.63) is 58.7 Å². The molecular weight excluding hydrogens is 344 g/mol. The van der Waals surface area contributed by atoms with Gasteiger partial charge in [0.25, 0.3) is 11.5 Å². The van der Waals surface area contributed by atoms with E-state index in [-0.39, 0.29) is 28.8 Å². The van der Waals surface area contributed by atoms with Gasteiger partial charge in [-0.1, -0.05) is 13.0 Å². The SMILES string of the molecule is C=CCn1c(-c2cc(C)oc2C)cn2cc(C(=O)N[C@H](C)CC)nc2c1=O. The van der Waals surface area contributed by atoms with Crippen molar-refractivity contribution in [2.45, 2.75) is 46.7 Å². The van der Waals surface area contributed by atoms with Crippen molar-refractivity contribution in [3.63, 3.8) is 0 Å². The first kappa shape index (κ1) is 18.7. The molecule has 0 aliphatic rings. The van der Waals surface area contributed by atoms with Gasteiger partial charge in [0.2, 0.25) is 5.65 Å². The molecule has 0 unspecified atom stereocenters. The first-order valence-corrected chi connectivity index (χ1v) is 8.97. The van der Waals surface area contributed by atoms with Crippen LogP contribution in [-0.4, -0.2) is 25.9 Å². The number of carbonyl (C=O) groups excluding carboxylic acids is 1. The highest BCUT2D eigenvalue weighted by Gasteiger charge is 2.19. The summed E-state index contributed by atoms with van der Waals surface area (Å²) in [5.74, 6) is 1.19. The van der Waals surface area contributed by atoms with Gasteiger partial charge in [-0.2, -0.15) is 0 Å². The molecule has 7 nitrogen and oxygen atoms in total. The van der Waals surface area contributed by atoms with Gasteiger partial charge in [-0.3, -0.25) is 18.6 Å². The summed E-state index contributed by atoms with van der Waals surface area (Å²) in [7, 11) is 0. The summed E-state index contributed by atoms with van der Waals surface area (Å²) in [4.78, 5) is 29.7. The van der Waals surface area contributed by atoms with Crippen LogP contribution in [0.1, 0.15) is 42.3 Å². The van der Waals surface area contributed by atoms with Crippen LogP contribution in [0.5, 0.6) is 0 Å². The number of furan rings is 1. The Morgan fingerprint density at radius 3 is 2.74 bits per heavy atom. The summed E-state index contributed by atoms with van der Waals surface area (Å²) in [5.41, 5.74) is 1.65. The molecule has 3 aromatic heterocycles. The van der Waals surface area contributed by atoms with Gasteiger partial charge in [0.15, 0.2) is 0 Å². The average molecular weight is 368 g/mol. The fraction of sp³-hybridized carbons (Fsp3) is 0.350. The first-order valence-electron chi connectivity index (χ1n) is 8.97. The molecule has 0 bridgehead atoms. The Morgan fingerprint density at radius 2 is 2.15 bits per heavy atom. The van der Waals surface area contributed by atoms with Crippen molar-refractivity contribution >= 4 is 11.6 Å². The number of aromatic nitrogens is 3. The number of hydrogen-bond acceptors (Lipinski definition) is 4. The Hall–Kier alpha value is -3.09. The summed E-state index contributed by atoms with van der Waals surface area (Å²) in [5, 5.41) is 2.87. The smallest absolute Gasteiger partial charge is 0.295 e. The number of nitrogens with one attached hydrogen (secondary N) is 1. The first-order chi connectivity index (χ1) is 12.8. The van der Waals surface area contributed by atoms with Crippen LogP contribution in [0.15, 0.2) is 40.3 Å². The number of hydrogen-bond donors (Lipinski definition) is 1. The lowest BCUT2D eigenvalue weighted by Gasteiger charge is -2.11. The standard InChI is InChI=1S/C20H24N4O3/c1-6-8-24-17(15-9-13(4)27-14(15)5)11-23-10-16(22-18(23)20(24)26)19(25)21-12(3)7-2/h6,9-12H,1,7-8H2,2-5H3,(H,21,25)/t12-/m1/s1. The molecule has 0 fully saturated rings. The third kappa shape index (κ3) is 3.45. The quantitative estimate of drug-likeness (QED) is 0.678. The van der Waals surface area contributed by atoms with Crippen molar-refractivity contribution in [2.75, 3.05) is 0 Å². The van der Waals surface area contributed by atoms with Crippen LogP contribution in [0, 0.1) is 13.8 Å². The van der Waals surface area contributed by atoms with Gasteiger partial charge in [-0.15, -0.1) is 6.58 Å². The van der Waals surface area contributed by atoms with E-state index < -0.39 is 0 Å². The molecule has 27 heavy (non-hydrogen) atoms. The molecule has 7 heteroatoms. The number of nitrogens with zero attached hydrogens (tertiary/aromatic N) is 3. The Morgan fingerprint density at radius 1 is 1.41 bits per heavy atom. The summed E-state index contributed by atoms with van der Waals surface area (Å²) < 4.78 is 8.81. The molecule has 3 aromatic rings. The third-order valence-corrected chi connectivity index (χ3v) is 4.57. The van der Waals surface area contributed by atoms with Crippen LogP contribution in [0.4, 0.5) is 0 Å². The van der Waals surface area contributed by atoms with Crippen molar-refractivity contribution in [3.8, 4) is 11.3 Å². The minimum Gasteiger partial charge on any atom is -0.466 e. The van der Waals surface area contributed by atoms with Gasteiger partial charge in [0.1, 0.15) is 17.2 Å². The highest BCUT2D eigenvalue weighted by atomic mass is 16.3. The van der Waals surface area contributed by atoms with Crippen LogP contribution in [0.2, 0.25) is 0 Å². The Bertz CT molecular complexity index is 1070. The Kier molecular flexibility index (Phi) is 5.03. The van der Waals surface area contributed by atoms with Gasteiger partial charge in [-0.05, 0) is 33.3 Å². The molecule has 3 rings (SSSR count). The predicted molar refractivity (Wildman–Crippen MR) is 104 cm³/mol. The minimum absolute atomic E-state index is 0.0341. The molecule has 1 atom stereocenters. The van der Waals surface area contributed by atoms with Crippen molar-refractivity contribution in [2.24, 2.45) is 0 Å².